The average Bonchev–Trinajstić information content (AvgIpc) is 2.83. The monoisotopic (exact) mass is 341 g/mol. The van der Waals surface area contributed by atoms with Gasteiger partial charge in [0.1, 0.15) is 0 Å². The summed E-state index contributed by atoms with van der Waals surface area (Å²) in [7, 11) is 0. The van der Waals surface area contributed by atoms with Gasteiger partial charge in [-0.2, -0.15) is 0 Å². The van der Waals surface area contributed by atoms with E-state index >= 15 is 0 Å². The molecule has 1 aliphatic rings. The molecule has 0 bridgehead atoms. The Morgan fingerprint density at radius 3 is 2.64 bits per heavy atom. The first kappa shape index (κ1) is 17.0. The molecule has 130 valence electrons. The van der Waals surface area contributed by atoms with Gasteiger partial charge in [0.05, 0.1) is 23.8 Å². The summed E-state index contributed by atoms with van der Waals surface area (Å²) in [4.78, 5) is 39.4. The second-order valence-corrected chi connectivity index (χ2v) is 6.34. The molecule has 0 unspecified atom stereocenters. The van der Waals surface area contributed by atoms with Crippen LogP contribution in [0.15, 0.2) is 24.3 Å². The lowest BCUT2D eigenvalue weighted by molar-refractivity contribution is -0.146. The Morgan fingerprint density at radius 1 is 1.24 bits per heavy atom. The Hall–Kier alpha value is -2.89. The maximum Gasteiger partial charge on any atom is 0.337 e. The van der Waals surface area contributed by atoms with E-state index < -0.39 is 11.9 Å². The molecule has 2 N–H and O–H groups in total. The molecule has 6 nitrogen and oxygen atoms in total. The summed E-state index contributed by atoms with van der Waals surface area (Å²) < 4.78 is 5.09. The molecule has 6 heteroatoms. The van der Waals surface area contributed by atoms with Crippen LogP contribution in [0.5, 0.6) is 0 Å². The summed E-state index contributed by atoms with van der Waals surface area (Å²) in [6.07, 6.45) is 0.502. The van der Waals surface area contributed by atoms with E-state index in [0.717, 1.165) is 5.56 Å². The molecule has 1 aliphatic carbocycles. The molecular weight excluding hydrogens is 322 g/mol. The van der Waals surface area contributed by atoms with Gasteiger partial charge < -0.3 is 14.8 Å². The maximum absolute atomic E-state index is 12.8. The first-order chi connectivity index (χ1) is 11.9. The van der Waals surface area contributed by atoms with Crippen molar-refractivity contribution in [2.75, 3.05) is 0 Å². The van der Waals surface area contributed by atoms with Gasteiger partial charge in [0.2, 0.25) is 5.78 Å². The molecule has 3 rings (SSSR count). The molecule has 25 heavy (non-hydrogen) atoms. The highest BCUT2D eigenvalue weighted by atomic mass is 16.5. The van der Waals surface area contributed by atoms with Crippen LogP contribution in [0, 0.1) is 0 Å². The summed E-state index contributed by atoms with van der Waals surface area (Å²) in [6.45, 7) is 3.45. The number of carboxylic acid groups (broad SMARTS) is 1. The number of rotatable bonds is 4. The van der Waals surface area contributed by atoms with Crippen molar-refractivity contribution in [3.63, 3.8) is 0 Å². The van der Waals surface area contributed by atoms with Gasteiger partial charge >= 0.3 is 11.9 Å². The first-order valence-corrected chi connectivity index (χ1v) is 8.17. The fraction of sp³-hybridized carbons (Fsp3) is 0.316. The summed E-state index contributed by atoms with van der Waals surface area (Å²) in [5.74, 6) is -1.92. The zero-order chi connectivity index (χ0) is 18.1. The van der Waals surface area contributed by atoms with Crippen molar-refractivity contribution in [3.05, 3.63) is 57.9 Å². The molecule has 0 fully saturated rings. The number of carbonyl (C=O) groups is 3. The van der Waals surface area contributed by atoms with E-state index in [-0.39, 0.29) is 35.3 Å². The van der Waals surface area contributed by atoms with Crippen molar-refractivity contribution in [1.82, 2.24) is 4.98 Å². The predicted octanol–water partition coefficient (Wildman–Crippen LogP) is 2.54. The number of carboxylic acids is 1. The largest absolute Gasteiger partial charge is 0.478 e. The number of esters is 1. The number of aromatic amines is 1. The third kappa shape index (κ3) is 3.20. The number of hydrogen-bond acceptors (Lipinski definition) is 4. The van der Waals surface area contributed by atoms with Gasteiger partial charge in [-0.25, -0.2) is 4.79 Å². The first-order valence-electron chi connectivity index (χ1n) is 8.17. The minimum Gasteiger partial charge on any atom is -0.478 e. The van der Waals surface area contributed by atoms with Gasteiger partial charge in [-0.15, -0.1) is 0 Å². The summed E-state index contributed by atoms with van der Waals surface area (Å²) >= 11 is 0. The van der Waals surface area contributed by atoms with Crippen molar-refractivity contribution in [1.29, 1.82) is 0 Å². The van der Waals surface area contributed by atoms with Crippen molar-refractivity contribution in [2.45, 2.75) is 39.2 Å². The van der Waals surface area contributed by atoms with E-state index in [0.29, 0.717) is 24.0 Å². The van der Waals surface area contributed by atoms with Gasteiger partial charge in [0.15, 0.2) is 0 Å². The topological polar surface area (TPSA) is 96.5 Å². The summed E-state index contributed by atoms with van der Waals surface area (Å²) in [5, 5.41) is 9.62. The molecule has 1 heterocycles. The molecule has 0 aliphatic heterocycles. The van der Waals surface area contributed by atoms with E-state index in [1.165, 1.54) is 0 Å². The van der Waals surface area contributed by atoms with Crippen molar-refractivity contribution in [2.24, 2.45) is 0 Å². The van der Waals surface area contributed by atoms with Crippen molar-refractivity contribution < 1.29 is 24.2 Å². The predicted molar refractivity (Wildman–Crippen MR) is 90.0 cm³/mol. The highest BCUT2D eigenvalue weighted by molar-refractivity contribution is 6.12. The number of ether oxygens (including phenoxy) is 1. The molecule has 1 aromatic heterocycles. The zero-order valence-electron chi connectivity index (χ0n) is 14.1. The van der Waals surface area contributed by atoms with E-state index in [1.54, 1.807) is 26.0 Å². The molecular formula is C19H19NO5. The minimum atomic E-state index is -1.15. The third-order valence-electron chi connectivity index (χ3n) is 4.22. The van der Waals surface area contributed by atoms with Gasteiger partial charge in [0.25, 0.3) is 0 Å². The van der Waals surface area contributed by atoms with Crippen LogP contribution in [0.1, 0.15) is 57.1 Å². The number of nitrogens with one attached hydrogen (secondary N) is 1. The van der Waals surface area contributed by atoms with Gasteiger partial charge in [-0.1, -0.05) is 24.3 Å². The molecule has 0 saturated carbocycles. The number of carbonyl (C=O) groups excluding carboxylic acids is 2. The summed E-state index contributed by atoms with van der Waals surface area (Å²) in [5.41, 5.74) is 2.41. The lowest BCUT2D eigenvalue weighted by Crippen LogP contribution is -2.16. The zero-order valence-corrected chi connectivity index (χ0v) is 14.1. The lowest BCUT2D eigenvalue weighted by Gasteiger charge is -2.08. The second-order valence-electron chi connectivity index (χ2n) is 6.34. The number of hydrogen-bond donors (Lipinski definition) is 2. The fourth-order valence-electron chi connectivity index (χ4n) is 3.23. The normalized spacial score (nSPS) is 13.2. The Morgan fingerprint density at radius 2 is 1.96 bits per heavy atom. The van der Waals surface area contributed by atoms with Crippen LogP contribution >= 0.6 is 0 Å². The number of benzene rings is 1. The van der Waals surface area contributed by atoms with Crippen molar-refractivity contribution >= 4 is 17.7 Å². The number of aromatic nitrogens is 1. The smallest absolute Gasteiger partial charge is 0.337 e. The Bertz CT molecular complexity index is 863. The molecule has 0 amide bonds. The van der Waals surface area contributed by atoms with Gasteiger partial charge in [-0.3, -0.25) is 9.59 Å². The number of H-pyrrole nitrogens is 1. The minimum absolute atomic E-state index is 0.0110. The van der Waals surface area contributed by atoms with E-state index in [9.17, 15) is 19.5 Å². The van der Waals surface area contributed by atoms with Crippen molar-refractivity contribution in [3.8, 4) is 0 Å². The van der Waals surface area contributed by atoms with Crippen LogP contribution in [-0.2, 0) is 28.8 Å². The summed E-state index contributed by atoms with van der Waals surface area (Å²) in [6, 6.07) is 7.25. The quantitative estimate of drug-likeness (QED) is 0.833. The molecule has 0 atom stereocenters. The number of fused-ring (bicyclic) bond motifs is 2. The van der Waals surface area contributed by atoms with E-state index in [1.807, 2.05) is 12.1 Å². The van der Waals surface area contributed by atoms with Crippen LogP contribution in [0.3, 0.4) is 0 Å². The maximum atomic E-state index is 12.8. The van der Waals surface area contributed by atoms with Crippen LogP contribution in [0.2, 0.25) is 0 Å². The molecule has 0 saturated heterocycles. The van der Waals surface area contributed by atoms with E-state index in [4.69, 9.17) is 4.74 Å². The Labute approximate surface area is 144 Å². The van der Waals surface area contributed by atoms with Crippen LogP contribution in [0.25, 0.3) is 0 Å². The SMILES string of the molecule is CC(C)OC(=O)Cc1[nH]c2c(c1C(=O)O)CCc1ccccc1C2=O. The number of aryl methyl sites for hydroxylation is 1. The van der Waals surface area contributed by atoms with Gasteiger partial charge in [-0.05, 0) is 37.8 Å². The van der Waals surface area contributed by atoms with Crippen LogP contribution in [0.4, 0.5) is 0 Å². The number of ketones is 1. The highest BCUT2D eigenvalue weighted by Gasteiger charge is 2.30. The average molecular weight is 341 g/mol. The van der Waals surface area contributed by atoms with Gasteiger partial charge in [0, 0.05) is 11.3 Å². The third-order valence-corrected chi connectivity index (χ3v) is 4.22. The number of aromatic carboxylic acids is 1. The van der Waals surface area contributed by atoms with Crippen LogP contribution < -0.4 is 0 Å². The van der Waals surface area contributed by atoms with E-state index in [2.05, 4.69) is 4.98 Å². The Balaban J connectivity index is 2.05. The molecule has 1 aromatic carbocycles. The fourth-order valence-corrected chi connectivity index (χ4v) is 3.23. The molecule has 0 spiro atoms. The standard InChI is InChI=1S/C19H19NO5/c1-10(2)25-15(21)9-14-16(19(23)24)13-8-7-11-5-3-4-6-12(11)18(22)17(13)20-14/h3-6,10,20H,7-9H2,1-2H3,(H,23,24). The lowest BCUT2D eigenvalue weighted by atomic mass is 10.0. The van der Waals surface area contributed by atoms with Crippen LogP contribution in [-0.4, -0.2) is 33.9 Å². The Kier molecular flexibility index (Phi) is 4.44. The highest BCUT2D eigenvalue weighted by Crippen LogP contribution is 2.29. The second kappa shape index (κ2) is 6.55. The molecule has 0 radical (unpaired) electrons. The molecule has 2 aromatic rings.